The highest BCUT2D eigenvalue weighted by Gasteiger charge is 2.09. The summed E-state index contributed by atoms with van der Waals surface area (Å²) in [6, 6.07) is 11.4. The molecule has 0 aliphatic carbocycles. The summed E-state index contributed by atoms with van der Waals surface area (Å²) in [5, 5.41) is 0. The molecule has 0 aliphatic heterocycles. The van der Waals surface area contributed by atoms with Crippen molar-refractivity contribution >= 4 is 27.5 Å². The zero-order chi connectivity index (χ0) is 15.2. The third kappa shape index (κ3) is 4.05. The van der Waals surface area contributed by atoms with Crippen LogP contribution >= 0.6 is 27.5 Å². The van der Waals surface area contributed by atoms with Gasteiger partial charge in [-0.15, -0.1) is 11.6 Å². The van der Waals surface area contributed by atoms with Crippen LogP contribution in [0, 0.1) is 0 Å². The van der Waals surface area contributed by atoms with Crippen molar-refractivity contribution in [3.63, 3.8) is 0 Å². The number of hydrogen-bond donors (Lipinski definition) is 0. The smallest absolute Gasteiger partial charge is 0.161 e. The summed E-state index contributed by atoms with van der Waals surface area (Å²) in [5.74, 6) is 2.56. The van der Waals surface area contributed by atoms with E-state index in [0.29, 0.717) is 24.0 Å². The van der Waals surface area contributed by atoms with Gasteiger partial charge in [0.05, 0.1) is 14.2 Å². The van der Waals surface area contributed by atoms with E-state index in [0.717, 1.165) is 21.3 Å². The van der Waals surface area contributed by atoms with Crippen LogP contribution in [0.25, 0.3) is 0 Å². The summed E-state index contributed by atoms with van der Waals surface area (Å²) in [7, 11) is 3.25. The SMILES string of the molecule is COc1ccc(Br)cc1COc1cc(CCl)ccc1OC. The van der Waals surface area contributed by atoms with Crippen LogP contribution in [0.3, 0.4) is 0 Å². The summed E-state index contributed by atoms with van der Waals surface area (Å²) in [6.45, 7) is 0.380. The Labute approximate surface area is 137 Å². The number of halogens is 2. The molecule has 0 amide bonds. The second kappa shape index (κ2) is 7.57. The number of alkyl halides is 1. The molecule has 0 radical (unpaired) electrons. The van der Waals surface area contributed by atoms with Crippen LogP contribution in [0.2, 0.25) is 0 Å². The van der Waals surface area contributed by atoms with Crippen molar-refractivity contribution in [3.05, 3.63) is 52.0 Å². The van der Waals surface area contributed by atoms with Crippen LogP contribution < -0.4 is 14.2 Å². The molecule has 112 valence electrons. The lowest BCUT2D eigenvalue weighted by Crippen LogP contribution is -2.00. The van der Waals surface area contributed by atoms with Gasteiger partial charge in [-0.05, 0) is 35.9 Å². The molecule has 21 heavy (non-hydrogen) atoms. The fourth-order valence-corrected chi connectivity index (χ4v) is 2.51. The van der Waals surface area contributed by atoms with Gasteiger partial charge < -0.3 is 14.2 Å². The maximum atomic E-state index is 5.87. The monoisotopic (exact) mass is 370 g/mol. The van der Waals surface area contributed by atoms with E-state index < -0.39 is 0 Å². The van der Waals surface area contributed by atoms with E-state index in [1.165, 1.54) is 0 Å². The van der Waals surface area contributed by atoms with Crippen molar-refractivity contribution in [1.29, 1.82) is 0 Å². The van der Waals surface area contributed by atoms with Crippen LogP contribution in [-0.2, 0) is 12.5 Å². The first-order valence-corrected chi connectivity index (χ1v) is 7.68. The van der Waals surface area contributed by atoms with Gasteiger partial charge in [0, 0.05) is 15.9 Å². The molecule has 2 rings (SSSR count). The Hall–Kier alpha value is -1.39. The number of methoxy groups -OCH3 is 2. The average molecular weight is 372 g/mol. The molecule has 0 unspecified atom stereocenters. The molecule has 0 saturated carbocycles. The summed E-state index contributed by atoms with van der Waals surface area (Å²) >= 11 is 9.31. The van der Waals surface area contributed by atoms with Crippen LogP contribution in [0.5, 0.6) is 17.2 Å². The second-order valence-corrected chi connectivity index (χ2v) is 5.55. The van der Waals surface area contributed by atoms with Crippen LogP contribution in [0.4, 0.5) is 0 Å². The lowest BCUT2D eigenvalue weighted by atomic mass is 10.2. The Balaban J connectivity index is 2.21. The first kappa shape index (κ1) is 16.0. The lowest BCUT2D eigenvalue weighted by molar-refractivity contribution is 0.278. The standard InChI is InChI=1S/C16H16BrClO3/c1-19-14-6-4-13(17)8-12(14)10-21-16-7-11(9-18)3-5-15(16)20-2/h3-8H,9-10H2,1-2H3. The molecule has 0 aliphatic rings. The molecule has 0 atom stereocenters. The Bertz CT molecular complexity index is 616. The van der Waals surface area contributed by atoms with E-state index in [1.54, 1.807) is 14.2 Å². The predicted octanol–water partition coefficient (Wildman–Crippen LogP) is 4.78. The maximum absolute atomic E-state index is 5.87. The fourth-order valence-electron chi connectivity index (χ4n) is 1.93. The molecule has 3 nitrogen and oxygen atoms in total. The fraction of sp³-hybridized carbons (Fsp3) is 0.250. The number of ether oxygens (including phenoxy) is 3. The molecule has 0 spiro atoms. The van der Waals surface area contributed by atoms with Crippen LogP contribution in [0.15, 0.2) is 40.9 Å². The van der Waals surface area contributed by atoms with Crippen molar-refractivity contribution in [2.45, 2.75) is 12.5 Å². The van der Waals surface area contributed by atoms with Gasteiger partial charge in [0.1, 0.15) is 12.4 Å². The van der Waals surface area contributed by atoms with Crippen molar-refractivity contribution in [2.24, 2.45) is 0 Å². The third-order valence-electron chi connectivity index (χ3n) is 3.01. The molecule has 0 aromatic heterocycles. The van der Waals surface area contributed by atoms with E-state index in [2.05, 4.69) is 15.9 Å². The van der Waals surface area contributed by atoms with Gasteiger partial charge in [0.25, 0.3) is 0 Å². The molecule has 0 heterocycles. The highest BCUT2D eigenvalue weighted by Crippen LogP contribution is 2.31. The van der Waals surface area contributed by atoms with Gasteiger partial charge in [-0.3, -0.25) is 0 Å². The van der Waals surface area contributed by atoms with Crippen LogP contribution in [0.1, 0.15) is 11.1 Å². The second-order valence-electron chi connectivity index (χ2n) is 4.36. The Kier molecular flexibility index (Phi) is 5.76. The largest absolute Gasteiger partial charge is 0.496 e. The van der Waals surface area contributed by atoms with E-state index in [9.17, 15) is 0 Å². The molecule has 0 saturated heterocycles. The first-order chi connectivity index (χ1) is 10.2. The molecule has 0 N–H and O–H groups in total. The summed E-state index contributed by atoms with van der Waals surface area (Å²) in [4.78, 5) is 0. The van der Waals surface area contributed by atoms with Gasteiger partial charge >= 0.3 is 0 Å². The van der Waals surface area contributed by atoms with Crippen molar-refractivity contribution in [1.82, 2.24) is 0 Å². The Morgan fingerprint density at radius 1 is 0.952 bits per heavy atom. The van der Waals surface area contributed by atoms with Gasteiger partial charge in [0.2, 0.25) is 0 Å². The minimum atomic E-state index is 0.380. The first-order valence-electron chi connectivity index (χ1n) is 6.36. The Morgan fingerprint density at radius 2 is 1.67 bits per heavy atom. The third-order valence-corrected chi connectivity index (χ3v) is 3.81. The minimum Gasteiger partial charge on any atom is -0.496 e. The summed E-state index contributed by atoms with van der Waals surface area (Å²) in [6.07, 6.45) is 0. The number of rotatable bonds is 6. The summed E-state index contributed by atoms with van der Waals surface area (Å²) < 4.78 is 17.5. The zero-order valence-corrected chi connectivity index (χ0v) is 14.2. The molecule has 5 heteroatoms. The van der Waals surface area contributed by atoms with Gasteiger partial charge in [-0.25, -0.2) is 0 Å². The quantitative estimate of drug-likeness (QED) is 0.684. The molecule has 2 aromatic carbocycles. The molecular formula is C16H16BrClO3. The lowest BCUT2D eigenvalue weighted by Gasteiger charge is -2.14. The number of hydrogen-bond acceptors (Lipinski definition) is 3. The normalized spacial score (nSPS) is 10.3. The molecular weight excluding hydrogens is 356 g/mol. The topological polar surface area (TPSA) is 27.7 Å². The molecule has 2 aromatic rings. The highest BCUT2D eigenvalue weighted by atomic mass is 79.9. The van der Waals surface area contributed by atoms with Crippen molar-refractivity contribution in [3.8, 4) is 17.2 Å². The van der Waals surface area contributed by atoms with Gasteiger partial charge in [-0.2, -0.15) is 0 Å². The summed E-state index contributed by atoms with van der Waals surface area (Å²) in [5.41, 5.74) is 1.93. The zero-order valence-electron chi connectivity index (χ0n) is 11.9. The van der Waals surface area contributed by atoms with Gasteiger partial charge in [0.15, 0.2) is 11.5 Å². The van der Waals surface area contributed by atoms with E-state index >= 15 is 0 Å². The maximum Gasteiger partial charge on any atom is 0.161 e. The highest BCUT2D eigenvalue weighted by molar-refractivity contribution is 9.10. The average Bonchev–Trinajstić information content (AvgIpc) is 2.52. The molecule has 0 fully saturated rings. The van der Waals surface area contributed by atoms with Gasteiger partial charge in [-0.1, -0.05) is 22.0 Å². The Morgan fingerprint density at radius 3 is 2.33 bits per heavy atom. The van der Waals surface area contributed by atoms with E-state index in [1.807, 2.05) is 36.4 Å². The van der Waals surface area contributed by atoms with Crippen molar-refractivity contribution < 1.29 is 14.2 Å². The van der Waals surface area contributed by atoms with E-state index in [4.69, 9.17) is 25.8 Å². The molecule has 0 bridgehead atoms. The van der Waals surface area contributed by atoms with E-state index in [-0.39, 0.29) is 0 Å². The predicted molar refractivity (Wildman–Crippen MR) is 87.6 cm³/mol. The minimum absolute atomic E-state index is 0.380. The number of benzene rings is 2. The van der Waals surface area contributed by atoms with Crippen LogP contribution in [-0.4, -0.2) is 14.2 Å². The van der Waals surface area contributed by atoms with Crippen molar-refractivity contribution in [2.75, 3.05) is 14.2 Å².